The highest BCUT2D eigenvalue weighted by molar-refractivity contribution is 5.33. The Hall–Kier alpha value is -0.860. The van der Waals surface area contributed by atoms with E-state index < -0.39 is 0 Å². The Bertz CT molecular complexity index is 399. The highest BCUT2D eigenvalue weighted by atomic mass is 15.2. The average Bonchev–Trinajstić information content (AvgIpc) is 2.90. The number of benzene rings is 1. The van der Waals surface area contributed by atoms with Gasteiger partial charge in [0.2, 0.25) is 0 Å². The SMILES string of the molecule is Cc1cccc(C)c1CNCC(C(C)C)N1CCCC1. The van der Waals surface area contributed by atoms with Gasteiger partial charge < -0.3 is 5.32 Å². The van der Waals surface area contributed by atoms with Crippen molar-refractivity contribution in [2.24, 2.45) is 5.92 Å². The quantitative estimate of drug-likeness (QED) is 0.854. The van der Waals surface area contributed by atoms with Crippen LogP contribution in [0.2, 0.25) is 0 Å². The highest BCUT2D eigenvalue weighted by Crippen LogP contribution is 2.18. The second-order valence-electron chi connectivity index (χ2n) is 6.56. The zero-order valence-corrected chi connectivity index (χ0v) is 13.6. The molecule has 1 saturated heterocycles. The normalized spacial score (nSPS) is 17.9. The Kier molecular flexibility index (Phi) is 5.62. The van der Waals surface area contributed by atoms with Crippen LogP contribution < -0.4 is 5.32 Å². The van der Waals surface area contributed by atoms with Crippen LogP contribution >= 0.6 is 0 Å². The van der Waals surface area contributed by atoms with Gasteiger partial charge in [-0.3, -0.25) is 4.90 Å². The summed E-state index contributed by atoms with van der Waals surface area (Å²) in [6.45, 7) is 13.8. The molecule has 1 aliphatic heterocycles. The molecule has 0 spiro atoms. The first kappa shape index (κ1) is 15.5. The predicted octanol–water partition coefficient (Wildman–Crippen LogP) is 3.51. The third-order valence-electron chi connectivity index (χ3n) is 4.68. The van der Waals surface area contributed by atoms with E-state index in [0.717, 1.165) is 19.0 Å². The maximum absolute atomic E-state index is 3.70. The molecule has 1 heterocycles. The molecule has 0 bridgehead atoms. The number of rotatable bonds is 6. The van der Waals surface area contributed by atoms with Crippen molar-refractivity contribution in [2.45, 2.75) is 53.1 Å². The maximum Gasteiger partial charge on any atom is 0.0243 e. The van der Waals surface area contributed by atoms with E-state index in [0.29, 0.717) is 6.04 Å². The lowest BCUT2D eigenvalue weighted by Crippen LogP contribution is -2.44. The fourth-order valence-electron chi connectivity index (χ4n) is 3.33. The van der Waals surface area contributed by atoms with Crippen LogP contribution in [0.3, 0.4) is 0 Å². The Morgan fingerprint density at radius 1 is 1.10 bits per heavy atom. The van der Waals surface area contributed by atoms with Gasteiger partial charge in [0.25, 0.3) is 0 Å². The Morgan fingerprint density at radius 3 is 2.25 bits per heavy atom. The molecule has 1 aromatic rings. The summed E-state index contributed by atoms with van der Waals surface area (Å²) in [6, 6.07) is 7.26. The minimum Gasteiger partial charge on any atom is -0.311 e. The van der Waals surface area contributed by atoms with Gasteiger partial charge in [-0.05, 0) is 62.4 Å². The largest absolute Gasteiger partial charge is 0.311 e. The fraction of sp³-hybridized carbons (Fsp3) is 0.667. The number of nitrogens with zero attached hydrogens (tertiary/aromatic N) is 1. The number of aryl methyl sites for hydroxylation is 2. The molecule has 1 unspecified atom stereocenters. The second kappa shape index (κ2) is 7.24. The van der Waals surface area contributed by atoms with Crippen LogP contribution in [0.1, 0.15) is 43.4 Å². The van der Waals surface area contributed by atoms with Crippen molar-refractivity contribution in [1.82, 2.24) is 10.2 Å². The van der Waals surface area contributed by atoms with Crippen LogP contribution in [0.25, 0.3) is 0 Å². The molecule has 0 amide bonds. The van der Waals surface area contributed by atoms with Crippen LogP contribution in [-0.2, 0) is 6.54 Å². The molecule has 1 fully saturated rings. The minimum atomic E-state index is 0.682. The first-order valence-corrected chi connectivity index (χ1v) is 8.09. The van der Waals surface area contributed by atoms with E-state index in [9.17, 15) is 0 Å². The maximum atomic E-state index is 3.70. The summed E-state index contributed by atoms with van der Waals surface area (Å²) < 4.78 is 0. The van der Waals surface area contributed by atoms with Gasteiger partial charge >= 0.3 is 0 Å². The molecule has 0 radical (unpaired) electrons. The summed E-state index contributed by atoms with van der Waals surface area (Å²) >= 11 is 0. The average molecular weight is 274 g/mol. The van der Waals surface area contributed by atoms with Crippen molar-refractivity contribution in [3.05, 3.63) is 34.9 Å². The van der Waals surface area contributed by atoms with Gasteiger partial charge in [0.1, 0.15) is 0 Å². The topological polar surface area (TPSA) is 15.3 Å². The number of nitrogens with one attached hydrogen (secondary N) is 1. The zero-order chi connectivity index (χ0) is 14.5. The molecule has 2 heteroatoms. The first-order valence-electron chi connectivity index (χ1n) is 8.09. The number of hydrogen-bond donors (Lipinski definition) is 1. The number of likely N-dealkylation sites (tertiary alicyclic amines) is 1. The van der Waals surface area contributed by atoms with E-state index in [-0.39, 0.29) is 0 Å². The second-order valence-corrected chi connectivity index (χ2v) is 6.56. The standard InChI is InChI=1S/C18H30N2/c1-14(2)18(20-10-5-6-11-20)13-19-12-17-15(3)8-7-9-16(17)4/h7-9,14,18-19H,5-6,10-13H2,1-4H3. The lowest BCUT2D eigenvalue weighted by Gasteiger charge is -2.31. The van der Waals surface area contributed by atoms with E-state index in [1.54, 1.807) is 0 Å². The minimum absolute atomic E-state index is 0.682. The summed E-state index contributed by atoms with van der Waals surface area (Å²) in [7, 11) is 0. The highest BCUT2D eigenvalue weighted by Gasteiger charge is 2.24. The van der Waals surface area contributed by atoms with E-state index in [4.69, 9.17) is 0 Å². The summed E-state index contributed by atoms with van der Waals surface area (Å²) in [4.78, 5) is 2.67. The first-order chi connectivity index (χ1) is 9.59. The van der Waals surface area contributed by atoms with Crippen molar-refractivity contribution in [3.8, 4) is 0 Å². The lowest BCUT2D eigenvalue weighted by atomic mass is 10.0. The van der Waals surface area contributed by atoms with E-state index in [2.05, 4.69) is 56.1 Å². The Balaban J connectivity index is 1.90. The molecule has 112 valence electrons. The van der Waals surface area contributed by atoms with E-state index in [1.165, 1.54) is 42.6 Å². The van der Waals surface area contributed by atoms with Gasteiger partial charge in [-0.1, -0.05) is 32.0 Å². The summed E-state index contributed by atoms with van der Waals surface area (Å²) in [5, 5.41) is 3.70. The van der Waals surface area contributed by atoms with Crippen LogP contribution in [0.5, 0.6) is 0 Å². The summed E-state index contributed by atoms with van der Waals surface area (Å²) in [6.07, 6.45) is 2.75. The van der Waals surface area contributed by atoms with Crippen LogP contribution in [-0.4, -0.2) is 30.6 Å². The van der Waals surface area contributed by atoms with Crippen molar-refractivity contribution in [2.75, 3.05) is 19.6 Å². The molecule has 0 aromatic heterocycles. The van der Waals surface area contributed by atoms with Gasteiger partial charge in [-0.25, -0.2) is 0 Å². The Labute approximate surface area is 124 Å². The van der Waals surface area contributed by atoms with Crippen LogP contribution in [0.4, 0.5) is 0 Å². The molecule has 1 atom stereocenters. The Morgan fingerprint density at radius 2 is 1.70 bits per heavy atom. The predicted molar refractivity (Wildman–Crippen MR) is 87.1 cm³/mol. The van der Waals surface area contributed by atoms with Crippen molar-refractivity contribution >= 4 is 0 Å². The van der Waals surface area contributed by atoms with E-state index in [1.807, 2.05) is 0 Å². The molecule has 2 nitrogen and oxygen atoms in total. The van der Waals surface area contributed by atoms with Gasteiger partial charge in [-0.15, -0.1) is 0 Å². The molecule has 1 aromatic carbocycles. The van der Waals surface area contributed by atoms with Crippen molar-refractivity contribution in [1.29, 1.82) is 0 Å². The van der Waals surface area contributed by atoms with Gasteiger partial charge in [0.15, 0.2) is 0 Å². The van der Waals surface area contributed by atoms with Crippen LogP contribution in [0, 0.1) is 19.8 Å². The molecule has 2 rings (SSSR count). The molecule has 0 saturated carbocycles. The zero-order valence-electron chi connectivity index (χ0n) is 13.6. The molecule has 0 aliphatic carbocycles. The summed E-state index contributed by atoms with van der Waals surface area (Å²) in [5.41, 5.74) is 4.27. The summed E-state index contributed by atoms with van der Waals surface area (Å²) in [5.74, 6) is 0.721. The van der Waals surface area contributed by atoms with Crippen molar-refractivity contribution in [3.63, 3.8) is 0 Å². The van der Waals surface area contributed by atoms with Gasteiger partial charge in [-0.2, -0.15) is 0 Å². The third kappa shape index (κ3) is 3.83. The van der Waals surface area contributed by atoms with Crippen molar-refractivity contribution < 1.29 is 0 Å². The molecular formula is C18H30N2. The van der Waals surface area contributed by atoms with Gasteiger partial charge in [0, 0.05) is 19.1 Å². The molecule has 1 aliphatic rings. The lowest BCUT2D eigenvalue weighted by molar-refractivity contribution is 0.186. The van der Waals surface area contributed by atoms with Gasteiger partial charge in [0.05, 0.1) is 0 Å². The molecule has 1 N–H and O–H groups in total. The van der Waals surface area contributed by atoms with Crippen LogP contribution in [0.15, 0.2) is 18.2 Å². The third-order valence-corrected chi connectivity index (χ3v) is 4.68. The number of hydrogen-bond acceptors (Lipinski definition) is 2. The molecular weight excluding hydrogens is 244 g/mol. The fourth-order valence-corrected chi connectivity index (χ4v) is 3.33. The molecule has 20 heavy (non-hydrogen) atoms. The smallest absolute Gasteiger partial charge is 0.0243 e. The van der Waals surface area contributed by atoms with E-state index >= 15 is 0 Å². The monoisotopic (exact) mass is 274 g/mol.